The molecule has 0 bridgehead atoms. The van der Waals surface area contributed by atoms with E-state index in [2.05, 4.69) is 4.72 Å². The highest BCUT2D eigenvalue weighted by Gasteiger charge is 2.35. The highest BCUT2D eigenvalue weighted by molar-refractivity contribution is 7.92. The summed E-state index contributed by atoms with van der Waals surface area (Å²) < 4.78 is 80.8. The number of nitrogens with one attached hydrogen (secondary N) is 1. The summed E-state index contributed by atoms with van der Waals surface area (Å²) >= 11 is 0. The van der Waals surface area contributed by atoms with E-state index in [4.69, 9.17) is 0 Å². The topological polar surface area (TPSA) is 80.3 Å². The van der Waals surface area contributed by atoms with E-state index in [0.29, 0.717) is 18.6 Å². The Morgan fingerprint density at radius 1 is 1.11 bits per heavy atom. The highest BCUT2D eigenvalue weighted by atomic mass is 32.2. The van der Waals surface area contributed by atoms with Gasteiger partial charge >= 0.3 is 6.18 Å². The molecule has 2 aromatic carbocycles. The summed E-state index contributed by atoms with van der Waals surface area (Å²) in [5, 5.41) is 0. The zero-order chi connectivity index (χ0) is 26.7. The molecule has 36 heavy (non-hydrogen) atoms. The first-order valence-electron chi connectivity index (χ1n) is 10.9. The van der Waals surface area contributed by atoms with Gasteiger partial charge in [0.15, 0.2) is 11.6 Å². The maximum atomic E-state index is 13.7. The number of Topliss-reactive ketones (excluding diaryl/α,β-unsaturated/α-hetero) is 2. The molecule has 5 nitrogen and oxygen atoms in total. The minimum absolute atomic E-state index is 0.0308. The number of carbonyl (C=O) groups excluding carboxylic acids is 2. The van der Waals surface area contributed by atoms with Gasteiger partial charge in [0, 0.05) is 12.0 Å². The Morgan fingerprint density at radius 3 is 2.50 bits per heavy atom. The number of anilines is 1. The van der Waals surface area contributed by atoms with Crippen LogP contribution in [-0.4, -0.2) is 20.0 Å². The molecule has 0 saturated heterocycles. The van der Waals surface area contributed by atoms with E-state index >= 15 is 0 Å². The number of hydrogen-bond acceptors (Lipinski definition) is 4. The van der Waals surface area contributed by atoms with Crippen molar-refractivity contribution < 1.29 is 35.6 Å². The van der Waals surface area contributed by atoms with Gasteiger partial charge in [-0.2, -0.15) is 13.2 Å². The Kier molecular flexibility index (Phi) is 7.98. The maximum Gasteiger partial charge on any atom is 0.419 e. The van der Waals surface area contributed by atoms with Gasteiger partial charge in [0.1, 0.15) is 5.82 Å². The molecular weight excluding hydrogens is 498 g/mol. The molecule has 0 aromatic heterocycles. The van der Waals surface area contributed by atoms with E-state index < -0.39 is 44.0 Å². The summed E-state index contributed by atoms with van der Waals surface area (Å²) in [5.41, 5.74) is -0.241. The second-order valence-electron chi connectivity index (χ2n) is 8.32. The molecule has 0 spiro atoms. The molecule has 0 saturated carbocycles. The largest absolute Gasteiger partial charge is 0.419 e. The van der Waals surface area contributed by atoms with E-state index in [-0.39, 0.29) is 29.3 Å². The van der Waals surface area contributed by atoms with Crippen molar-refractivity contribution in [2.24, 2.45) is 0 Å². The summed E-state index contributed by atoms with van der Waals surface area (Å²) in [7, 11) is -4.67. The molecule has 0 atom stereocenters. The van der Waals surface area contributed by atoms with Crippen LogP contribution in [0.25, 0.3) is 0 Å². The lowest BCUT2D eigenvalue weighted by Crippen LogP contribution is -2.19. The fraction of sp³-hybridized carbons (Fsp3) is 0.231. The third kappa shape index (κ3) is 6.37. The summed E-state index contributed by atoms with van der Waals surface area (Å²) in [4.78, 5) is 24.6. The van der Waals surface area contributed by atoms with Crippen molar-refractivity contribution in [1.29, 1.82) is 0 Å². The van der Waals surface area contributed by atoms with Gasteiger partial charge in [0.25, 0.3) is 10.0 Å². The van der Waals surface area contributed by atoms with Crippen LogP contribution >= 0.6 is 0 Å². The van der Waals surface area contributed by atoms with Gasteiger partial charge < -0.3 is 0 Å². The first-order chi connectivity index (χ1) is 16.8. The van der Waals surface area contributed by atoms with Crippen molar-refractivity contribution in [1.82, 2.24) is 0 Å². The molecule has 1 aliphatic rings. The van der Waals surface area contributed by atoms with Crippen LogP contribution in [0.5, 0.6) is 0 Å². The summed E-state index contributed by atoms with van der Waals surface area (Å²) in [5.74, 6) is -2.63. The molecule has 10 heteroatoms. The predicted molar refractivity (Wildman–Crippen MR) is 128 cm³/mol. The lowest BCUT2D eigenvalue weighted by molar-refractivity contribution is -0.140. The number of allylic oxidation sites excluding steroid dienone is 6. The number of alkyl halides is 3. The van der Waals surface area contributed by atoms with Crippen molar-refractivity contribution in [2.45, 2.75) is 44.2 Å². The molecule has 0 radical (unpaired) electrons. The normalized spacial score (nSPS) is 14.1. The fourth-order valence-corrected chi connectivity index (χ4v) is 4.83. The van der Waals surface area contributed by atoms with Crippen LogP contribution in [0.15, 0.2) is 76.7 Å². The summed E-state index contributed by atoms with van der Waals surface area (Å²) in [6, 6.07) is 5.22. The number of ketones is 2. The second kappa shape index (κ2) is 10.6. The molecule has 0 heterocycles. The smallest absolute Gasteiger partial charge is 0.294 e. The van der Waals surface area contributed by atoms with Crippen LogP contribution in [0.1, 0.15) is 59.4 Å². The third-order valence-electron chi connectivity index (χ3n) is 5.48. The van der Waals surface area contributed by atoms with Gasteiger partial charge in [-0.1, -0.05) is 42.0 Å². The van der Waals surface area contributed by atoms with Crippen LogP contribution in [-0.2, 0) is 16.2 Å². The Bertz CT molecular complexity index is 1400. The van der Waals surface area contributed by atoms with Gasteiger partial charge in [-0.25, -0.2) is 12.8 Å². The van der Waals surface area contributed by atoms with Crippen LogP contribution in [0.4, 0.5) is 23.2 Å². The number of rotatable bonds is 8. The van der Waals surface area contributed by atoms with Crippen LogP contribution in [0, 0.1) is 5.82 Å². The van der Waals surface area contributed by atoms with E-state index in [0.717, 1.165) is 17.6 Å². The average Bonchev–Trinajstić information content (AvgIpc) is 3.00. The highest BCUT2D eigenvalue weighted by Crippen LogP contribution is 2.34. The third-order valence-corrected chi connectivity index (χ3v) is 6.84. The van der Waals surface area contributed by atoms with Crippen molar-refractivity contribution in [3.05, 3.63) is 94.4 Å². The number of carbonyl (C=O) groups is 2. The molecule has 1 N–H and O–H groups in total. The van der Waals surface area contributed by atoms with Gasteiger partial charge in [-0.3, -0.25) is 14.3 Å². The van der Waals surface area contributed by atoms with E-state index in [1.54, 1.807) is 0 Å². The first-order valence-corrected chi connectivity index (χ1v) is 12.4. The van der Waals surface area contributed by atoms with Crippen molar-refractivity contribution >= 4 is 27.3 Å². The lowest BCUT2D eigenvalue weighted by Gasteiger charge is -2.16. The number of benzene rings is 2. The maximum absolute atomic E-state index is 13.7. The van der Waals surface area contributed by atoms with Crippen LogP contribution in [0.2, 0.25) is 0 Å². The van der Waals surface area contributed by atoms with E-state index in [1.165, 1.54) is 25.1 Å². The molecule has 0 amide bonds. The van der Waals surface area contributed by atoms with Gasteiger partial charge in [0.2, 0.25) is 0 Å². The zero-order valence-corrected chi connectivity index (χ0v) is 20.3. The van der Waals surface area contributed by atoms with Gasteiger partial charge in [0.05, 0.1) is 21.7 Å². The predicted octanol–water partition coefficient (Wildman–Crippen LogP) is 6.64. The molecule has 1 aliphatic carbocycles. The minimum Gasteiger partial charge on any atom is -0.294 e. The van der Waals surface area contributed by atoms with Gasteiger partial charge in [-0.05, 0) is 56.5 Å². The fourth-order valence-electron chi connectivity index (χ4n) is 3.73. The van der Waals surface area contributed by atoms with E-state index in [1.807, 2.05) is 31.2 Å². The first kappa shape index (κ1) is 27.1. The summed E-state index contributed by atoms with van der Waals surface area (Å²) in [6.07, 6.45) is 3.58. The average molecular weight is 522 g/mol. The molecule has 2 aromatic rings. The Labute approximate surface area is 206 Å². The monoisotopic (exact) mass is 521 g/mol. The molecule has 0 fully saturated rings. The number of hydrogen-bond donors (Lipinski definition) is 1. The Balaban J connectivity index is 1.97. The summed E-state index contributed by atoms with van der Waals surface area (Å²) in [6.45, 7) is 3.16. The number of sulfonamides is 1. The standard InChI is InChI=1S/C26H23F4NO4S/c1-16-6-3-4-7-18(14-16)10-13-24(33)25-20(17(2)32)8-5-9-23(25)31-36(34,35)19-11-12-22(27)21(15-19)26(28,29)30/h3-5,7-9,11-12,14-15,31H,6,10,13H2,1-2H3. The van der Waals surface area contributed by atoms with Crippen molar-refractivity contribution in [3.8, 4) is 0 Å². The molecule has 190 valence electrons. The van der Waals surface area contributed by atoms with Crippen LogP contribution < -0.4 is 4.72 Å². The Hall–Kier alpha value is -3.53. The SMILES string of the molecule is CC(=O)c1cccc(NS(=O)(=O)c2ccc(F)c(C(F)(F)F)c2)c1C(=O)CCC1=CC=CCC(C)=C1. The lowest BCUT2D eigenvalue weighted by atomic mass is 9.95. The molecule has 0 unspecified atom stereocenters. The van der Waals surface area contributed by atoms with Crippen LogP contribution in [0.3, 0.4) is 0 Å². The minimum atomic E-state index is -5.11. The van der Waals surface area contributed by atoms with Crippen molar-refractivity contribution in [2.75, 3.05) is 4.72 Å². The zero-order valence-electron chi connectivity index (χ0n) is 19.4. The Morgan fingerprint density at radius 2 is 1.83 bits per heavy atom. The van der Waals surface area contributed by atoms with Gasteiger partial charge in [-0.15, -0.1) is 0 Å². The molecule has 3 rings (SSSR count). The molecule has 0 aliphatic heterocycles. The second-order valence-corrected chi connectivity index (χ2v) is 10.00. The molecular formula is C26H23F4NO4S. The quantitative estimate of drug-likeness (QED) is 0.312. The van der Waals surface area contributed by atoms with Crippen molar-refractivity contribution in [3.63, 3.8) is 0 Å². The number of halogens is 4. The van der Waals surface area contributed by atoms with E-state index in [9.17, 15) is 35.6 Å².